The number of hydrogen-bond donors (Lipinski definition) is 0. The zero-order chi connectivity index (χ0) is 21.6. The number of carbonyl (C=O) groups is 1. The van der Waals surface area contributed by atoms with Crippen LogP contribution in [0.1, 0.15) is 38.8 Å². The number of hydrogen-bond acceptors (Lipinski definition) is 4. The van der Waals surface area contributed by atoms with Crippen LogP contribution in [0.2, 0.25) is 5.02 Å². The van der Waals surface area contributed by atoms with Gasteiger partial charge in [-0.05, 0) is 69.2 Å². The van der Waals surface area contributed by atoms with E-state index in [2.05, 4.69) is 12.6 Å². The fourth-order valence-electron chi connectivity index (χ4n) is 2.37. The summed E-state index contributed by atoms with van der Waals surface area (Å²) in [5.74, 6) is 0.191. The maximum absolute atomic E-state index is 11.8. The SMILES string of the molecule is C=C(C)C(=O)OC(C)(C)C(C)Oc1ccc(/C=C(\C#N)c2ccc(Cl)cc2)cc1. The van der Waals surface area contributed by atoms with Crippen LogP contribution in [0.3, 0.4) is 0 Å². The molecule has 0 amide bonds. The first-order valence-electron chi connectivity index (χ1n) is 9.15. The zero-order valence-electron chi connectivity index (χ0n) is 17.0. The number of nitrogens with zero attached hydrogens (tertiary/aromatic N) is 1. The monoisotopic (exact) mass is 409 g/mol. The molecule has 1 unspecified atom stereocenters. The first kappa shape index (κ1) is 22.3. The van der Waals surface area contributed by atoms with Crippen LogP contribution < -0.4 is 4.74 Å². The van der Waals surface area contributed by atoms with E-state index in [1.165, 1.54) is 0 Å². The van der Waals surface area contributed by atoms with Crippen LogP contribution in [0, 0.1) is 11.3 Å². The molecule has 4 nitrogen and oxygen atoms in total. The number of allylic oxidation sites excluding steroid dienone is 1. The summed E-state index contributed by atoms with van der Waals surface area (Å²) < 4.78 is 11.4. The molecule has 2 aromatic rings. The minimum absolute atomic E-state index is 0.343. The van der Waals surface area contributed by atoms with Gasteiger partial charge < -0.3 is 9.47 Å². The van der Waals surface area contributed by atoms with Gasteiger partial charge in [0, 0.05) is 10.6 Å². The molecule has 0 fully saturated rings. The van der Waals surface area contributed by atoms with E-state index in [4.69, 9.17) is 21.1 Å². The molecule has 0 aromatic heterocycles. The molecule has 0 aliphatic heterocycles. The van der Waals surface area contributed by atoms with Crippen molar-refractivity contribution in [3.63, 3.8) is 0 Å². The average molecular weight is 410 g/mol. The molecule has 0 bridgehead atoms. The molecule has 2 aromatic carbocycles. The number of nitriles is 1. The van der Waals surface area contributed by atoms with Gasteiger partial charge in [0.25, 0.3) is 0 Å². The van der Waals surface area contributed by atoms with Crippen LogP contribution in [0.25, 0.3) is 11.6 Å². The van der Waals surface area contributed by atoms with Gasteiger partial charge in [0.15, 0.2) is 0 Å². The highest BCUT2D eigenvalue weighted by atomic mass is 35.5. The zero-order valence-corrected chi connectivity index (χ0v) is 17.8. The Morgan fingerprint density at radius 1 is 1.17 bits per heavy atom. The second kappa shape index (κ2) is 9.45. The largest absolute Gasteiger partial charge is 0.487 e. The Bertz CT molecular complexity index is 951. The number of rotatable bonds is 7. The average Bonchev–Trinajstić information content (AvgIpc) is 2.67. The Labute approximate surface area is 177 Å². The van der Waals surface area contributed by atoms with Crippen molar-refractivity contribution in [3.8, 4) is 11.8 Å². The Morgan fingerprint density at radius 3 is 2.28 bits per heavy atom. The van der Waals surface area contributed by atoms with Crippen LogP contribution in [0.4, 0.5) is 0 Å². The van der Waals surface area contributed by atoms with Gasteiger partial charge in [0.05, 0.1) is 11.6 Å². The predicted octanol–water partition coefficient (Wildman–Crippen LogP) is 6.07. The fourth-order valence-corrected chi connectivity index (χ4v) is 2.50. The minimum atomic E-state index is -0.822. The van der Waals surface area contributed by atoms with Gasteiger partial charge in [0.1, 0.15) is 17.5 Å². The topological polar surface area (TPSA) is 59.3 Å². The third kappa shape index (κ3) is 6.23. The molecule has 5 heteroatoms. The molecule has 0 radical (unpaired) electrons. The van der Waals surface area contributed by atoms with Gasteiger partial charge in [-0.1, -0.05) is 42.4 Å². The number of halogens is 1. The fraction of sp³-hybridized carbons (Fsp3) is 0.250. The molecule has 0 saturated carbocycles. The third-order valence-electron chi connectivity index (χ3n) is 4.46. The lowest BCUT2D eigenvalue weighted by Crippen LogP contribution is -2.42. The highest BCUT2D eigenvalue weighted by molar-refractivity contribution is 6.30. The standard InChI is InChI=1S/C24H24ClNO3/c1-16(2)23(27)29-24(4,5)17(3)28-22-12-6-18(7-13-22)14-20(15-26)19-8-10-21(25)11-9-19/h6-14,17H,1H2,2-5H3/b20-14+. The van der Waals surface area contributed by atoms with Crippen molar-refractivity contribution in [3.05, 3.63) is 76.8 Å². The predicted molar refractivity (Wildman–Crippen MR) is 116 cm³/mol. The van der Waals surface area contributed by atoms with E-state index in [9.17, 15) is 10.1 Å². The van der Waals surface area contributed by atoms with Gasteiger partial charge in [-0.2, -0.15) is 5.26 Å². The van der Waals surface area contributed by atoms with Crippen LogP contribution >= 0.6 is 11.6 Å². The molecule has 150 valence electrons. The second-order valence-electron chi connectivity index (χ2n) is 7.28. The molecule has 2 rings (SSSR count). The van der Waals surface area contributed by atoms with E-state index < -0.39 is 11.6 Å². The lowest BCUT2D eigenvalue weighted by atomic mass is 10.0. The Kier molecular flexibility index (Phi) is 7.25. The summed E-state index contributed by atoms with van der Waals surface area (Å²) in [6, 6.07) is 16.7. The number of ether oxygens (including phenoxy) is 2. The van der Waals surface area contributed by atoms with E-state index in [-0.39, 0.29) is 6.10 Å². The highest BCUT2D eigenvalue weighted by Gasteiger charge is 2.32. The summed E-state index contributed by atoms with van der Waals surface area (Å²) in [6.07, 6.45) is 1.42. The molecular weight excluding hydrogens is 386 g/mol. The number of carbonyl (C=O) groups excluding carboxylic acids is 1. The molecule has 0 heterocycles. The summed E-state index contributed by atoms with van der Waals surface area (Å²) in [5, 5.41) is 10.1. The molecule has 0 spiro atoms. The summed E-state index contributed by atoms with van der Waals surface area (Å²) in [7, 11) is 0. The van der Waals surface area contributed by atoms with E-state index in [1.54, 1.807) is 39.0 Å². The van der Waals surface area contributed by atoms with E-state index in [0.29, 0.717) is 21.9 Å². The Balaban J connectivity index is 2.11. The highest BCUT2D eigenvalue weighted by Crippen LogP contribution is 2.25. The Hall–Kier alpha value is -3.03. The van der Waals surface area contributed by atoms with Gasteiger partial charge in [-0.25, -0.2) is 4.79 Å². The van der Waals surface area contributed by atoms with Crippen molar-refractivity contribution in [1.29, 1.82) is 5.26 Å². The summed E-state index contributed by atoms with van der Waals surface area (Å²) in [4.78, 5) is 11.8. The van der Waals surface area contributed by atoms with Crippen molar-refractivity contribution < 1.29 is 14.3 Å². The van der Waals surface area contributed by atoms with Crippen LogP contribution in [-0.2, 0) is 9.53 Å². The molecule has 0 aliphatic rings. The van der Waals surface area contributed by atoms with Gasteiger partial charge in [-0.3, -0.25) is 0 Å². The van der Waals surface area contributed by atoms with Gasteiger partial charge in [-0.15, -0.1) is 0 Å². The van der Waals surface area contributed by atoms with Crippen molar-refractivity contribution >= 4 is 29.2 Å². The summed E-state index contributed by atoms with van der Waals surface area (Å²) in [5.41, 5.74) is 1.72. The first-order chi connectivity index (χ1) is 13.6. The van der Waals surface area contributed by atoms with Crippen molar-refractivity contribution in [2.45, 2.75) is 39.4 Å². The molecule has 1 atom stereocenters. The second-order valence-corrected chi connectivity index (χ2v) is 7.72. The number of benzene rings is 2. The normalized spacial score (nSPS) is 12.6. The van der Waals surface area contributed by atoms with Crippen molar-refractivity contribution in [1.82, 2.24) is 0 Å². The molecule has 0 N–H and O–H groups in total. The number of esters is 1. The lowest BCUT2D eigenvalue weighted by Gasteiger charge is -2.31. The minimum Gasteiger partial charge on any atom is -0.487 e. The lowest BCUT2D eigenvalue weighted by molar-refractivity contribution is -0.159. The maximum Gasteiger partial charge on any atom is 0.333 e. The molecule has 0 aliphatic carbocycles. The van der Waals surface area contributed by atoms with Crippen LogP contribution in [0.5, 0.6) is 5.75 Å². The summed E-state index contributed by atoms with van der Waals surface area (Å²) >= 11 is 5.91. The van der Waals surface area contributed by atoms with Crippen LogP contribution in [-0.4, -0.2) is 17.7 Å². The summed E-state index contributed by atoms with van der Waals surface area (Å²) in [6.45, 7) is 10.6. The van der Waals surface area contributed by atoms with Gasteiger partial charge in [0.2, 0.25) is 0 Å². The van der Waals surface area contributed by atoms with Crippen molar-refractivity contribution in [2.75, 3.05) is 0 Å². The van der Waals surface area contributed by atoms with Gasteiger partial charge >= 0.3 is 5.97 Å². The quantitative estimate of drug-likeness (QED) is 0.241. The maximum atomic E-state index is 11.8. The van der Waals surface area contributed by atoms with Crippen LogP contribution in [0.15, 0.2) is 60.7 Å². The third-order valence-corrected chi connectivity index (χ3v) is 4.71. The smallest absolute Gasteiger partial charge is 0.333 e. The van der Waals surface area contributed by atoms with E-state index in [0.717, 1.165) is 11.1 Å². The van der Waals surface area contributed by atoms with E-state index >= 15 is 0 Å². The Morgan fingerprint density at radius 2 is 1.76 bits per heavy atom. The molecular formula is C24H24ClNO3. The van der Waals surface area contributed by atoms with Crippen molar-refractivity contribution in [2.24, 2.45) is 0 Å². The molecule has 0 saturated heterocycles. The molecule has 29 heavy (non-hydrogen) atoms. The first-order valence-corrected chi connectivity index (χ1v) is 9.53. The van der Waals surface area contributed by atoms with E-state index in [1.807, 2.05) is 43.3 Å².